The molecule has 0 fully saturated rings. The summed E-state index contributed by atoms with van der Waals surface area (Å²) in [5.74, 6) is 0. The summed E-state index contributed by atoms with van der Waals surface area (Å²) >= 11 is 1.75. The normalized spacial score (nSPS) is 11.6. The first-order chi connectivity index (χ1) is 13.2. The van der Waals surface area contributed by atoms with Crippen molar-refractivity contribution in [3.05, 3.63) is 71.3 Å². The largest absolute Gasteiger partial charge is 0.354 e. The van der Waals surface area contributed by atoms with Crippen molar-refractivity contribution in [1.82, 2.24) is 9.97 Å². The number of hydrogen-bond donors (Lipinski definition) is 1. The van der Waals surface area contributed by atoms with Crippen molar-refractivity contribution in [2.24, 2.45) is 0 Å². The lowest BCUT2D eigenvalue weighted by molar-refractivity contribution is 1.36. The van der Waals surface area contributed by atoms with Crippen molar-refractivity contribution in [3.8, 4) is 0 Å². The van der Waals surface area contributed by atoms with Gasteiger partial charge in [-0.15, -0.1) is 11.3 Å². The fourth-order valence-corrected chi connectivity index (χ4v) is 4.22. The van der Waals surface area contributed by atoms with Crippen LogP contribution in [0.3, 0.4) is 0 Å². The van der Waals surface area contributed by atoms with Crippen LogP contribution in [0.15, 0.2) is 66.3 Å². The number of allylic oxidation sites excluding steroid dienone is 6. The first kappa shape index (κ1) is 19.1. The molecule has 0 saturated carbocycles. The van der Waals surface area contributed by atoms with Gasteiger partial charge in [-0.1, -0.05) is 61.9 Å². The van der Waals surface area contributed by atoms with Gasteiger partial charge in [0.15, 0.2) is 0 Å². The van der Waals surface area contributed by atoms with Crippen molar-refractivity contribution in [1.29, 1.82) is 0 Å². The number of thiazole rings is 1. The van der Waals surface area contributed by atoms with Gasteiger partial charge in [-0.3, -0.25) is 0 Å². The topological polar surface area (TPSA) is 28.7 Å². The van der Waals surface area contributed by atoms with Crippen LogP contribution in [0.25, 0.3) is 37.6 Å². The Morgan fingerprint density at radius 3 is 2.52 bits per heavy atom. The molecule has 1 N–H and O–H groups in total. The van der Waals surface area contributed by atoms with E-state index in [9.17, 15) is 0 Å². The second-order valence-electron chi connectivity index (χ2n) is 6.35. The van der Waals surface area contributed by atoms with Crippen LogP contribution in [-0.4, -0.2) is 9.97 Å². The summed E-state index contributed by atoms with van der Waals surface area (Å²) in [5.41, 5.74) is 5.89. The number of nitrogens with one attached hydrogen (secondary N) is 1. The number of hydrogen-bond acceptors (Lipinski definition) is 2. The monoisotopic (exact) mass is 374 g/mol. The molecular weight excluding hydrogens is 348 g/mol. The maximum atomic E-state index is 4.92. The molecule has 138 valence electrons. The molecule has 4 aromatic rings. The lowest BCUT2D eigenvalue weighted by Crippen LogP contribution is -1.82. The predicted octanol–water partition coefficient (Wildman–Crippen LogP) is 7.88. The Hall–Kier alpha value is -2.65. The van der Waals surface area contributed by atoms with Crippen LogP contribution < -0.4 is 0 Å². The molecule has 0 spiro atoms. The summed E-state index contributed by atoms with van der Waals surface area (Å²) in [6.45, 7) is 10.3. The maximum Gasteiger partial charge on any atom is 0.124 e. The average Bonchev–Trinajstić information content (AvgIpc) is 3.24. The van der Waals surface area contributed by atoms with E-state index in [2.05, 4.69) is 67.4 Å². The molecule has 2 aromatic carbocycles. The molecule has 27 heavy (non-hydrogen) atoms. The summed E-state index contributed by atoms with van der Waals surface area (Å²) < 4.78 is 1.22. The Morgan fingerprint density at radius 2 is 1.78 bits per heavy atom. The number of rotatable bonds is 3. The minimum atomic E-state index is 1.07. The highest BCUT2D eigenvalue weighted by atomic mass is 32.1. The van der Waals surface area contributed by atoms with Crippen molar-refractivity contribution < 1.29 is 0 Å². The van der Waals surface area contributed by atoms with Crippen LogP contribution in [0, 0.1) is 0 Å². The predicted molar refractivity (Wildman–Crippen MR) is 123 cm³/mol. The molecule has 4 rings (SSSR count). The fraction of sp³-hybridized carbons (Fsp3) is 0.208. The second kappa shape index (κ2) is 8.36. The standard InChI is InChI=1S/C22H20N2S.C2H6/c1-4-5-6-9-15(14(2)3)22-24-20-12-17-16-10-7-8-11-18(16)23-19(17)13-21(20)25-22;1-2/h4-13,23H,1-3H3;1-2H3/b5-4-,9-6-;. The average molecular weight is 375 g/mol. The molecule has 0 atom stereocenters. The minimum Gasteiger partial charge on any atom is -0.354 e. The number of nitrogens with zero attached hydrogens (tertiary/aromatic N) is 1. The summed E-state index contributed by atoms with van der Waals surface area (Å²) in [4.78, 5) is 8.44. The highest BCUT2D eigenvalue weighted by Crippen LogP contribution is 2.34. The van der Waals surface area contributed by atoms with Gasteiger partial charge in [0.2, 0.25) is 0 Å². The molecule has 0 saturated heterocycles. The summed E-state index contributed by atoms with van der Waals surface area (Å²) in [6, 6.07) is 12.9. The Kier molecular flexibility index (Phi) is 5.92. The van der Waals surface area contributed by atoms with Gasteiger partial charge in [0, 0.05) is 27.4 Å². The van der Waals surface area contributed by atoms with E-state index in [-0.39, 0.29) is 0 Å². The molecule has 0 aliphatic rings. The van der Waals surface area contributed by atoms with E-state index in [1.54, 1.807) is 11.3 Å². The summed E-state index contributed by atoms with van der Waals surface area (Å²) in [5, 5.41) is 3.57. The van der Waals surface area contributed by atoms with Crippen LogP contribution in [0.4, 0.5) is 0 Å². The fourth-order valence-electron chi connectivity index (χ4n) is 3.10. The van der Waals surface area contributed by atoms with E-state index in [0.717, 1.165) is 10.5 Å². The molecule has 0 bridgehead atoms. The molecule has 0 amide bonds. The smallest absolute Gasteiger partial charge is 0.124 e. The van der Waals surface area contributed by atoms with Gasteiger partial charge >= 0.3 is 0 Å². The molecule has 3 heteroatoms. The van der Waals surface area contributed by atoms with Crippen LogP contribution in [0.2, 0.25) is 0 Å². The highest BCUT2D eigenvalue weighted by Gasteiger charge is 2.11. The molecule has 2 nitrogen and oxygen atoms in total. The van der Waals surface area contributed by atoms with Crippen molar-refractivity contribution >= 4 is 48.9 Å². The zero-order valence-corrected chi connectivity index (χ0v) is 17.4. The third-order valence-corrected chi connectivity index (χ3v) is 5.40. The van der Waals surface area contributed by atoms with Gasteiger partial charge in [-0.05, 0) is 39.0 Å². The van der Waals surface area contributed by atoms with Crippen LogP contribution in [0.1, 0.15) is 39.6 Å². The minimum absolute atomic E-state index is 1.07. The number of para-hydroxylation sites is 1. The molecule has 0 radical (unpaired) electrons. The van der Waals surface area contributed by atoms with Crippen LogP contribution in [0.5, 0.6) is 0 Å². The Balaban J connectivity index is 0.00000102. The van der Waals surface area contributed by atoms with Gasteiger partial charge in [-0.25, -0.2) is 4.98 Å². The number of H-pyrrole nitrogens is 1. The quantitative estimate of drug-likeness (QED) is 0.363. The van der Waals surface area contributed by atoms with Crippen molar-refractivity contribution in [3.63, 3.8) is 0 Å². The Bertz CT molecular complexity index is 1170. The second-order valence-corrected chi connectivity index (χ2v) is 7.38. The SMILES string of the molecule is C/C=C\C=C/C(=C(C)C)c1nc2cc3c(cc2s1)[nH]c1ccccc13.CC. The summed E-state index contributed by atoms with van der Waals surface area (Å²) in [6.07, 6.45) is 8.30. The Labute approximate surface area is 164 Å². The molecule has 0 aliphatic heterocycles. The zero-order valence-electron chi connectivity index (χ0n) is 16.6. The lowest BCUT2D eigenvalue weighted by Gasteiger charge is -1.99. The van der Waals surface area contributed by atoms with Gasteiger partial charge in [0.25, 0.3) is 0 Å². The first-order valence-electron chi connectivity index (χ1n) is 9.45. The van der Waals surface area contributed by atoms with Crippen LogP contribution in [-0.2, 0) is 0 Å². The number of benzene rings is 2. The maximum absolute atomic E-state index is 4.92. The van der Waals surface area contributed by atoms with Crippen LogP contribution >= 0.6 is 11.3 Å². The van der Waals surface area contributed by atoms with E-state index in [1.807, 2.05) is 32.9 Å². The molecular formula is C24H26N2S. The van der Waals surface area contributed by atoms with Crippen molar-refractivity contribution in [2.75, 3.05) is 0 Å². The number of fused-ring (bicyclic) bond motifs is 4. The number of aromatic amines is 1. The Morgan fingerprint density at radius 1 is 1.00 bits per heavy atom. The number of aromatic nitrogens is 2. The molecule has 2 aromatic heterocycles. The van der Waals surface area contributed by atoms with E-state index in [1.165, 1.54) is 37.7 Å². The zero-order chi connectivity index (χ0) is 19.4. The van der Waals surface area contributed by atoms with E-state index < -0.39 is 0 Å². The lowest BCUT2D eigenvalue weighted by atomic mass is 10.1. The highest BCUT2D eigenvalue weighted by molar-refractivity contribution is 7.19. The summed E-state index contributed by atoms with van der Waals surface area (Å²) in [7, 11) is 0. The third-order valence-electron chi connectivity index (χ3n) is 4.35. The van der Waals surface area contributed by atoms with Gasteiger partial charge < -0.3 is 4.98 Å². The third kappa shape index (κ3) is 3.74. The van der Waals surface area contributed by atoms with E-state index in [0.29, 0.717) is 0 Å². The van der Waals surface area contributed by atoms with Crippen molar-refractivity contribution in [2.45, 2.75) is 34.6 Å². The van der Waals surface area contributed by atoms with E-state index in [4.69, 9.17) is 4.98 Å². The van der Waals surface area contributed by atoms with E-state index >= 15 is 0 Å². The first-order valence-corrected chi connectivity index (χ1v) is 10.3. The molecule has 0 unspecified atom stereocenters. The molecule has 0 aliphatic carbocycles. The van der Waals surface area contributed by atoms with Gasteiger partial charge in [0.1, 0.15) is 5.01 Å². The van der Waals surface area contributed by atoms with Gasteiger partial charge in [-0.2, -0.15) is 0 Å². The molecule has 2 heterocycles. The van der Waals surface area contributed by atoms with Gasteiger partial charge in [0.05, 0.1) is 10.2 Å².